The molecular formula is C18H27NO. The lowest BCUT2D eigenvalue weighted by atomic mass is 9.93. The second-order valence-electron chi connectivity index (χ2n) is 6.27. The first-order valence-corrected chi connectivity index (χ1v) is 7.88. The Hall–Kier alpha value is -1.15. The van der Waals surface area contributed by atoms with E-state index in [4.69, 9.17) is 0 Å². The largest absolute Gasteiger partial charge is 0.314 e. The smallest absolute Gasteiger partial charge is 0.134 e. The maximum atomic E-state index is 12.1. The van der Waals surface area contributed by atoms with Gasteiger partial charge in [0.2, 0.25) is 0 Å². The Labute approximate surface area is 123 Å². The Morgan fingerprint density at radius 2 is 1.90 bits per heavy atom. The van der Waals surface area contributed by atoms with Crippen LogP contribution in [0.5, 0.6) is 0 Å². The molecule has 1 aliphatic rings. The minimum absolute atomic E-state index is 0.406. The minimum atomic E-state index is 0.406. The van der Waals surface area contributed by atoms with Crippen molar-refractivity contribution in [3.8, 4) is 0 Å². The molecule has 1 saturated heterocycles. The Balaban J connectivity index is 1.87. The van der Waals surface area contributed by atoms with Gasteiger partial charge in [0.25, 0.3) is 0 Å². The van der Waals surface area contributed by atoms with E-state index in [1.807, 2.05) is 0 Å². The molecule has 20 heavy (non-hydrogen) atoms. The lowest BCUT2D eigenvalue weighted by Crippen LogP contribution is -2.35. The van der Waals surface area contributed by atoms with Crippen molar-refractivity contribution in [1.29, 1.82) is 0 Å². The van der Waals surface area contributed by atoms with Gasteiger partial charge in [-0.1, -0.05) is 24.1 Å². The molecule has 2 heteroatoms. The zero-order chi connectivity index (χ0) is 14.5. The highest BCUT2D eigenvalue weighted by Gasteiger charge is 2.16. The summed E-state index contributed by atoms with van der Waals surface area (Å²) in [7, 11) is 0. The molecule has 0 aliphatic carbocycles. The highest BCUT2D eigenvalue weighted by Crippen LogP contribution is 2.19. The van der Waals surface area contributed by atoms with Crippen LogP contribution in [-0.2, 0) is 11.2 Å². The number of piperidine rings is 1. The molecule has 1 heterocycles. The Morgan fingerprint density at radius 3 is 2.50 bits per heavy atom. The van der Waals surface area contributed by atoms with Gasteiger partial charge in [-0.15, -0.1) is 0 Å². The van der Waals surface area contributed by atoms with E-state index in [0.717, 1.165) is 19.4 Å². The van der Waals surface area contributed by atoms with Gasteiger partial charge in [-0.05, 0) is 63.3 Å². The summed E-state index contributed by atoms with van der Waals surface area (Å²) >= 11 is 0. The molecule has 1 aromatic rings. The maximum Gasteiger partial charge on any atom is 0.134 e. The molecule has 2 nitrogen and oxygen atoms in total. The fourth-order valence-corrected chi connectivity index (χ4v) is 3.34. The number of benzene rings is 1. The molecule has 1 N–H and O–H groups in total. The molecule has 0 aromatic heterocycles. The minimum Gasteiger partial charge on any atom is -0.314 e. The molecule has 1 aromatic carbocycles. The Bertz CT molecular complexity index is 449. The van der Waals surface area contributed by atoms with Gasteiger partial charge in [0.1, 0.15) is 5.78 Å². The number of carbonyl (C=O) groups excluding carboxylic acids is 1. The van der Waals surface area contributed by atoms with Crippen LogP contribution >= 0.6 is 0 Å². The van der Waals surface area contributed by atoms with E-state index in [9.17, 15) is 4.79 Å². The van der Waals surface area contributed by atoms with Crippen LogP contribution in [0.25, 0.3) is 0 Å². The van der Waals surface area contributed by atoms with Crippen molar-refractivity contribution in [3.05, 3.63) is 34.4 Å². The van der Waals surface area contributed by atoms with Crippen LogP contribution in [-0.4, -0.2) is 18.4 Å². The van der Waals surface area contributed by atoms with Crippen molar-refractivity contribution >= 4 is 5.78 Å². The highest BCUT2D eigenvalue weighted by atomic mass is 16.1. The standard InChI is InChI=1S/C18H27NO/c1-13-10-14(2)18(15(3)11-13)8-7-17(20)12-16-6-4-5-9-19-16/h10-11,16,19H,4-9,12H2,1-3H3. The predicted molar refractivity (Wildman–Crippen MR) is 84.2 cm³/mol. The average molecular weight is 273 g/mol. The summed E-state index contributed by atoms with van der Waals surface area (Å²) < 4.78 is 0. The molecule has 0 bridgehead atoms. The monoisotopic (exact) mass is 273 g/mol. The van der Waals surface area contributed by atoms with Crippen LogP contribution < -0.4 is 5.32 Å². The fourth-order valence-electron chi connectivity index (χ4n) is 3.34. The number of carbonyl (C=O) groups is 1. The first kappa shape index (κ1) is 15.2. The third-order valence-corrected chi connectivity index (χ3v) is 4.38. The highest BCUT2D eigenvalue weighted by molar-refractivity contribution is 5.79. The summed E-state index contributed by atoms with van der Waals surface area (Å²) in [5.41, 5.74) is 5.32. The van der Waals surface area contributed by atoms with E-state index in [1.165, 1.54) is 35.1 Å². The number of rotatable bonds is 5. The second kappa shape index (κ2) is 7.03. The number of Topliss-reactive ketones (excluding diaryl/α,β-unsaturated/α-hetero) is 1. The van der Waals surface area contributed by atoms with E-state index >= 15 is 0 Å². The molecule has 0 radical (unpaired) electrons. The molecule has 110 valence electrons. The van der Waals surface area contributed by atoms with Gasteiger partial charge in [0, 0.05) is 18.9 Å². The summed E-state index contributed by atoms with van der Waals surface area (Å²) in [4.78, 5) is 12.1. The van der Waals surface area contributed by atoms with Crippen molar-refractivity contribution in [1.82, 2.24) is 5.32 Å². The van der Waals surface area contributed by atoms with Gasteiger partial charge in [-0.25, -0.2) is 0 Å². The van der Waals surface area contributed by atoms with Crippen molar-refractivity contribution in [2.24, 2.45) is 0 Å². The third kappa shape index (κ3) is 4.17. The Morgan fingerprint density at radius 1 is 1.20 bits per heavy atom. The number of aryl methyl sites for hydroxylation is 3. The summed E-state index contributed by atoms with van der Waals surface area (Å²) in [6, 6.07) is 4.86. The molecule has 2 rings (SSSR count). The van der Waals surface area contributed by atoms with Crippen LogP contribution in [0.4, 0.5) is 0 Å². The predicted octanol–water partition coefficient (Wildman–Crippen LogP) is 3.65. The van der Waals surface area contributed by atoms with Gasteiger partial charge < -0.3 is 5.32 Å². The fraction of sp³-hybridized carbons (Fsp3) is 0.611. The average Bonchev–Trinajstić information content (AvgIpc) is 2.38. The van der Waals surface area contributed by atoms with Crippen molar-refractivity contribution in [3.63, 3.8) is 0 Å². The first-order chi connectivity index (χ1) is 9.56. The number of hydrogen-bond acceptors (Lipinski definition) is 2. The van der Waals surface area contributed by atoms with Gasteiger partial charge in [0.15, 0.2) is 0 Å². The van der Waals surface area contributed by atoms with Crippen LogP contribution in [0, 0.1) is 20.8 Å². The molecule has 0 amide bonds. The SMILES string of the molecule is Cc1cc(C)c(CCC(=O)CC2CCCCN2)c(C)c1. The van der Waals surface area contributed by atoms with Crippen LogP contribution in [0.15, 0.2) is 12.1 Å². The Kier molecular flexibility index (Phi) is 5.36. The molecule has 0 spiro atoms. The van der Waals surface area contributed by atoms with E-state index in [2.05, 4.69) is 38.2 Å². The van der Waals surface area contributed by atoms with Gasteiger partial charge in [0.05, 0.1) is 0 Å². The van der Waals surface area contributed by atoms with E-state index < -0.39 is 0 Å². The number of ketones is 1. The van der Waals surface area contributed by atoms with Gasteiger partial charge in [-0.3, -0.25) is 4.79 Å². The quantitative estimate of drug-likeness (QED) is 0.887. The van der Waals surface area contributed by atoms with E-state index in [1.54, 1.807) is 0 Å². The molecule has 0 saturated carbocycles. The molecule has 1 atom stereocenters. The third-order valence-electron chi connectivity index (χ3n) is 4.38. The van der Waals surface area contributed by atoms with Gasteiger partial charge >= 0.3 is 0 Å². The number of hydrogen-bond donors (Lipinski definition) is 1. The van der Waals surface area contributed by atoms with Crippen LogP contribution in [0.1, 0.15) is 54.4 Å². The lowest BCUT2D eigenvalue weighted by Gasteiger charge is -2.22. The lowest BCUT2D eigenvalue weighted by molar-refractivity contribution is -0.119. The van der Waals surface area contributed by atoms with Crippen molar-refractivity contribution < 1.29 is 4.79 Å². The zero-order valence-electron chi connectivity index (χ0n) is 13.1. The molecule has 1 unspecified atom stereocenters. The van der Waals surface area contributed by atoms with Gasteiger partial charge in [-0.2, -0.15) is 0 Å². The van der Waals surface area contributed by atoms with Crippen LogP contribution in [0.3, 0.4) is 0 Å². The molecular weight excluding hydrogens is 246 g/mol. The maximum absolute atomic E-state index is 12.1. The van der Waals surface area contributed by atoms with Crippen molar-refractivity contribution in [2.75, 3.05) is 6.54 Å². The summed E-state index contributed by atoms with van der Waals surface area (Å²) in [6.07, 6.45) is 5.97. The van der Waals surface area contributed by atoms with E-state index in [0.29, 0.717) is 24.7 Å². The summed E-state index contributed by atoms with van der Waals surface area (Å²) in [5, 5.41) is 3.46. The van der Waals surface area contributed by atoms with Crippen molar-refractivity contribution in [2.45, 2.75) is 65.3 Å². The zero-order valence-corrected chi connectivity index (χ0v) is 13.1. The topological polar surface area (TPSA) is 29.1 Å². The summed E-state index contributed by atoms with van der Waals surface area (Å²) in [5.74, 6) is 0.406. The normalized spacial score (nSPS) is 19.1. The van der Waals surface area contributed by atoms with E-state index in [-0.39, 0.29) is 0 Å². The first-order valence-electron chi connectivity index (χ1n) is 7.88. The molecule has 1 aliphatic heterocycles. The summed E-state index contributed by atoms with van der Waals surface area (Å²) in [6.45, 7) is 7.52. The second-order valence-corrected chi connectivity index (χ2v) is 6.27. The number of nitrogens with one attached hydrogen (secondary N) is 1. The van der Waals surface area contributed by atoms with Crippen LogP contribution in [0.2, 0.25) is 0 Å². The molecule has 1 fully saturated rings.